The summed E-state index contributed by atoms with van der Waals surface area (Å²) in [6, 6.07) is 13.7. The van der Waals surface area contributed by atoms with Crippen molar-refractivity contribution in [2.75, 3.05) is 5.32 Å². The van der Waals surface area contributed by atoms with Crippen LogP contribution in [0.5, 0.6) is 0 Å². The Bertz CT molecular complexity index is 787. The SMILES string of the molecule is C=C(c1ccccc1)S(=O)(=O)NC(=O)Nc1ccc(Cl)cc1. The van der Waals surface area contributed by atoms with Crippen LogP contribution in [-0.4, -0.2) is 14.4 Å². The number of nitrogens with one attached hydrogen (secondary N) is 2. The largest absolute Gasteiger partial charge is 0.333 e. The number of hydrogen-bond acceptors (Lipinski definition) is 3. The number of rotatable bonds is 4. The van der Waals surface area contributed by atoms with E-state index >= 15 is 0 Å². The maximum absolute atomic E-state index is 12.1. The van der Waals surface area contributed by atoms with E-state index in [0.29, 0.717) is 16.3 Å². The predicted molar refractivity (Wildman–Crippen MR) is 88.0 cm³/mol. The van der Waals surface area contributed by atoms with Crippen LogP contribution in [0.4, 0.5) is 10.5 Å². The maximum Gasteiger partial charge on any atom is 0.333 e. The van der Waals surface area contributed by atoms with E-state index in [1.807, 2.05) is 4.72 Å². The second kappa shape index (κ2) is 6.64. The summed E-state index contributed by atoms with van der Waals surface area (Å²) in [5.41, 5.74) is 0.830. The molecule has 0 bridgehead atoms. The first-order valence-corrected chi connectivity index (χ1v) is 8.08. The van der Waals surface area contributed by atoms with Gasteiger partial charge in [0.15, 0.2) is 0 Å². The van der Waals surface area contributed by atoms with Gasteiger partial charge in [0.1, 0.15) is 0 Å². The first kappa shape index (κ1) is 16.1. The van der Waals surface area contributed by atoms with Crippen LogP contribution >= 0.6 is 11.6 Å². The molecule has 0 aliphatic heterocycles. The van der Waals surface area contributed by atoms with Crippen LogP contribution in [-0.2, 0) is 10.0 Å². The van der Waals surface area contributed by atoms with Crippen molar-refractivity contribution in [3.63, 3.8) is 0 Å². The number of halogens is 1. The third-order valence-corrected chi connectivity index (χ3v) is 4.34. The van der Waals surface area contributed by atoms with Crippen molar-refractivity contribution in [2.45, 2.75) is 0 Å². The molecule has 2 aromatic carbocycles. The number of anilines is 1. The monoisotopic (exact) mass is 336 g/mol. The highest BCUT2D eigenvalue weighted by molar-refractivity contribution is 7.99. The van der Waals surface area contributed by atoms with Crippen molar-refractivity contribution in [1.29, 1.82) is 0 Å². The molecule has 0 fully saturated rings. The van der Waals surface area contributed by atoms with E-state index < -0.39 is 16.1 Å². The molecule has 114 valence electrons. The van der Waals surface area contributed by atoms with Crippen LogP contribution in [0.3, 0.4) is 0 Å². The molecule has 22 heavy (non-hydrogen) atoms. The molecule has 2 amide bonds. The number of urea groups is 1. The molecule has 0 aromatic heterocycles. The first-order chi connectivity index (χ1) is 10.4. The van der Waals surface area contributed by atoms with Gasteiger partial charge in [-0.1, -0.05) is 48.5 Å². The molecule has 2 N–H and O–H groups in total. The van der Waals surface area contributed by atoms with Crippen LogP contribution in [0.2, 0.25) is 5.02 Å². The van der Waals surface area contributed by atoms with Gasteiger partial charge in [-0.05, 0) is 29.8 Å². The van der Waals surface area contributed by atoms with Gasteiger partial charge in [-0.3, -0.25) is 0 Å². The van der Waals surface area contributed by atoms with E-state index in [-0.39, 0.29) is 4.91 Å². The molecule has 0 aliphatic rings. The summed E-state index contributed by atoms with van der Waals surface area (Å²) in [5, 5.41) is 2.91. The zero-order valence-electron chi connectivity index (χ0n) is 11.4. The summed E-state index contributed by atoms with van der Waals surface area (Å²) < 4.78 is 26.1. The number of carbonyl (C=O) groups excluding carboxylic acids is 1. The molecule has 0 radical (unpaired) electrons. The van der Waals surface area contributed by atoms with E-state index in [0.717, 1.165) is 0 Å². The Kier molecular flexibility index (Phi) is 4.85. The minimum atomic E-state index is -4.02. The Morgan fingerprint density at radius 2 is 1.59 bits per heavy atom. The minimum absolute atomic E-state index is 0.181. The normalized spacial score (nSPS) is 10.8. The highest BCUT2D eigenvalue weighted by atomic mass is 35.5. The van der Waals surface area contributed by atoms with Crippen LogP contribution in [0.25, 0.3) is 4.91 Å². The summed E-state index contributed by atoms with van der Waals surface area (Å²) >= 11 is 5.73. The van der Waals surface area contributed by atoms with Gasteiger partial charge in [-0.2, -0.15) is 0 Å². The topological polar surface area (TPSA) is 75.3 Å². The Labute approximate surface area is 133 Å². The molecule has 0 spiro atoms. The Balaban J connectivity index is 2.07. The predicted octanol–water partition coefficient (Wildman–Crippen LogP) is 3.46. The van der Waals surface area contributed by atoms with Crippen molar-refractivity contribution in [2.24, 2.45) is 0 Å². The molecule has 5 nitrogen and oxygen atoms in total. The lowest BCUT2D eigenvalue weighted by atomic mass is 10.2. The van der Waals surface area contributed by atoms with Crippen LogP contribution < -0.4 is 10.0 Å². The Morgan fingerprint density at radius 3 is 2.18 bits per heavy atom. The molecule has 0 atom stereocenters. The zero-order chi connectivity index (χ0) is 16.2. The van der Waals surface area contributed by atoms with Gasteiger partial charge in [0.05, 0.1) is 4.91 Å². The molecule has 7 heteroatoms. The average molecular weight is 337 g/mol. The zero-order valence-corrected chi connectivity index (χ0v) is 13.0. The summed E-state index contributed by atoms with van der Waals surface area (Å²) in [5.74, 6) is 0. The van der Waals surface area contributed by atoms with Crippen LogP contribution in [0.1, 0.15) is 5.56 Å². The lowest BCUT2D eigenvalue weighted by Crippen LogP contribution is -2.34. The van der Waals surface area contributed by atoms with Crippen molar-refractivity contribution in [3.05, 3.63) is 71.8 Å². The number of sulfonamides is 1. The first-order valence-electron chi connectivity index (χ1n) is 6.22. The lowest BCUT2D eigenvalue weighted by Gasteiger charge is -2.10. The van der Waals surface area contributed by atoms with Crippen molar-refractivity contribution in [1.82, 2.24) is 4.72 Å². The summed E-state index contributed by atoms with van der Waals surface area (Å²) in [7, 11) is -4.02. The summed E-state index contributed by atoms with van der Waals surface area (Å²) in [6.07, 6.45) is 0. The molecule has 2 aromatic rings. The Morgan fingerprint density at radius 1 is 1.00 bits per heavy atom. The molecule has 0 saturated carbocycles. The van der Waals surface area contributed by atoms with Crippen molar-refractivity contribution in [3.8, 4) is 0 Å². The summed E-state index contributed by atoms with van der Waals surface area (Å²) in [6.45, 7) is 3.52. The maximum atomic E-state index is 12.1. The molecular weight excluding hydrogens is 324 g/mol. The fourth-order valence-electron chi connectivity index (χ4n) is 1.65. The molecule has 2 rings (SSSR count). The quantitative estimate of drug-likeness (QED) is 0.897. The van der Waals surface area contributed by atoms with E-state index in [9.17, 15) is 13.2 Å². The van der Waals surface area contributed by atoms with Gasteiger partial charge in [0, 0.05) is 10.7 Å². The van der Waals surface area contributed by atoms with Gasteiger partial charge >= 0.3 is 6.03 Å². The second-order valence-corrected chi connectivity index (χ2v) is 6.50. The fourth-order valence-corrected chi connectivity index (χ4v) is 2.64. The van der Waals surface area contributed by atoms with Gasteiger partial charge in [-0.15, -0.1) is 0 Å². The van der Waals surface area contributed by atoms with Gasteiger partial charge in [0.2, 0.25) is 0 Å². The van der Waals surface area contributed by atoms with Crippen molar-refractivity contribution < 1.29 is 13.2 Å². The molecule has 0 heterocycles. The average Bonchev–Trinajstić information content (AvgIpc) is 2.49. The van der Waals surface area contributed by atoms with Gasteiger partial charge in [0.25, 0.3) is 10.0 Å². The number of carbonyl (C=O) groups is 1. The minimum Gasteiger partial charge on any atom is -0.307 e. The van der Waals surface area contributed by atoms with Crippen LogP contribution in [0.15, 0.2) is 61.2 Å². The smallest absolute Gasteiger partial charge is 0.307 e. The second-order valence-electron chi connectivity index (χ2n) is 4.36. The third-order valence-electron chi connectivity index (χ3n) is 2.75. The van der Waals surface area contributed by atoms with Crippen LogP contribution in [0, 0.1) is 0 Å². The van der Waals surface area contributed by atoms with Gasteiger partial charge in [-0.25, -0.2) is 17.9 Å². The lowest BCUT2D eigenvalue weighted by molar-refractivity contribution is 0.256. The van der Waals surface area contributed by atoms with Gasteiger partial charge < -0.3 is 5.32 Å². The summed E-state index contributed by atoms with van der Waals surface area (Å²) in [4.78, 5) is 11.6. The van der Waals surface area contributed by atoms with E-state index in [1.54, 1.807) is 54.6 Å². The fraction of sp³-hybridized carbons (Fsp3) is 0. The standard InChI is InChI=1S/C15H13ClN2O3S/c1-11(12-5-3-2-4-6-12)22(20,21)18-15(19)17-14-9-7-13(16)8-10-14/h2-10H,1H2,(H2,17,18,19). The number of benzene rings is 2. The molecular formula is C15H13ClN2O3S. The highest BCUT2D eigenvalue weighted by Crippen LogP contribution is 2.18. The van der Waals surface area contributed by atoms with E-state index in [2.05, 4.69) is 11.9 Å². The van der Waals surface area contributed by atoms with E-state index in [1.165, 1.54) is 0 Å². The Hall–Kier alpha value is -2.31. The van der Waals surface area contributed by atoms with Crippen molar-refractivity contribution >= 4 is 38.2 Å². The number of hydrogen-bond donors (Lipinski definition) is 2. The molecule has 0 saturated heterocycles. The molecule has 0 unspecified atom stereocenters. The third kappa shape index (κ3) is 4.09. The highest BCUT2D eigenvalue weighted by Gasteiger charge is 2.20. The molecule has 0 aliphatic carbocycles. The number of amides is 2. The van der Waals surface area contributed by atoms with E-state index in [4.69, 9.17) is 11.6 Å².